The third-order valence-electron chi connectivity index (χ3n) is 4.21. The highest BCUT2D eigenvalue weighted by molar-refractivity contribution is 9.10. The molecule has 0 amide bonds. The Kier molecular flexibility index (Phi) is 5.14. The number of aromatic nitrogens is 3. The molecule has 2 N–H and O–H groups in total. The molecule has 148 valence electrons. The number of benzene rings is 2. The summed E-state index contributed by atoms with van der Waals surface area (Å²) in [6.45, 7) is 3.53. The number of anilines is 1. The zero-order chi connectivity index (χ0) is 20.7. The van der Waals surface area contributed by atoms with Crippen LogP contribution in [0.5, 0.6) is 5.75 Å². The number of nitrogens with zero attached hydrogens (tertiary/aromatic N) is 3. The van der Waals surface area contributed by atoms with Crippen molar-refractivity contribution in [3.8, 4) is 17.1 Å². The molecule has 0 bridgehead atoms. The van der Waals surface area contributed by atoms with Crippen LogP contribution in [-0.2, 0) is 18.8 Å². The third-order valence-corrected chi connectivity index (χ3v) is 4.83. The van der Waals surface area contributed by atoms with Gasteiger partial charge in [0.15, 0.2) is 17.2 Å². The van der Waals surface area contributed by atoms with Crippen molar-refractivity contribution < 1.29 is 17.9 Å². The normalized spacial score (nSPS) is 12.2. The molecule has 0 atom stereocenters. The van der Waals surface area contributed by atoms with E-state index in [1.807, 2.05) is 0 Å². The molecular weight excluding hydrogens is 437 g/mol. The number of halogens is 4. The lowest BCUT2D eigenvalue weighted by Gasteiger charge is -2.26. The second kappa shape index (κ2) is 7.12. The molecule has 3 aromatic rings. The Morgan fingerprint density at radius 1 is 1.07 bits per heavy atom. The number of nitrogens with two attached hydrogens (primary N) is 1. The van der Waals surface area contributed by atoms with Crippen molar-refractivity contribution in [3.63, 3.8) is 0 Å². The van der Waals surface area contributed by atoms with Crippen LogP contribution in [0.4, 0.5) is 18.9 Å². The zero-order valence-corrected chi connectivity index (χ0v) is 17.0. The molecule has 2 aromatic carbocycles. The number of hydrogen-bond donors (Lipinski definition) is 1. The Morgan fingerprint density at radius 2 is 1.75 bits per heavy atom. The molecule has 0 unspecified atom stereocenters. The van der Waals surface area contributed by atoms with Crippen LogP contribution in [0.3, 0.4) is 0 Å². The summed E-state index contributed by atoms with van der Waals surface area (Å²) in [4.78, 5) is 0. The summed E-state index contributed by atoms with van der Waals surface area (Å²) in [6, 6.07) is 10.4. The van der Waals surface area contributed by atoms with Gasteiger partial charge in [0.1, 0.15) is 5.75 Å². The second-order valence-corrected chi connectivity index (χ2v) is 7.61. The van der Waals surface area contributed by atoms with Crippen LogP contribution in [0.1, 0.15) is 25.2 Å². The van der Waals surface area contributed by atoms with E-state index in [4.69, 9.17) is 10.5 Å². The predicted octanol–water partition coefficient (Wildman–Crippen LogP) is 5.16. The van der Waals surface area contributed by atoms with E-state index in [2.05, 4.69) is 26.1 Å². The van der Waals surface area contributed by atoms with Crippen LogP contribution in [0.2, 0.25) is 0 Å². The molecule has 0 saturated carbocycles. The average molecular weight is 455 g/mol. The summed E-state index contributed by atoms with van der Waals surface area (Å²) in [6.07, 6.45) is -4.50. The quantitative estimate of drug-likeness (QED) is 0.552. The first-order chi connectivity index (χ1) is 13.0. The minimum atomic E-state index is -4.50. The highest BCUT2D eigenvalue weighted by Gasteiger charge is 2.36. The standard InChI is InChI=1S/C19H18BrF3N4O/c1-18(2,28-15-9-8-11(24)10-14(15)20)17-26-25-16(27(17)3)12-6-4-5-7-13(12)19(21,22)23/h4-10H,24H2,1-3H3. The highest BCUT2D eigenvalue weighted by atomic mass is 79.9. The second-order valence-electron chi connectivity index (χ2n) is 6.75. The fourth-order valence-corrected chi connectivity index (χ4v) is 3.41. The Balaban J connectivity index is 2.01. The average Bonchev–Trinajstić information content (AvgIpc) is 2.99. The van der Waals surface area contributed by atoms with Gasteiger partial charge in [-0.15, -0.1) is 10.2 Å². The highest BCUT2D eigenvalue weighted by Crippen LogP contribution is 2.38. The summed E-state index contributed by atoms with van der Waals surface area (Å²) in [5, 5.41) is 8.12. The van der Waals surface area contributed by atoms with E-state index >= 15 is 0 Å². The Morgan fingerprint density at radius 3 is 2.39 bits per heavy atom. The lowest BCUT2D eigenvalue weighted by Crippen LogP contribution is -2.29. The van der Waals surface area contributed by atoms with Gasteiger partial charge >= 0.3 is 6.18 Å². The number of alkyl halides is 3. The number of nitrogen functional groups attached to an aromatic ring is 1. The topological polar surface area (TPSA) is 66.0 Å². The molecule has 1 heterocycles. The predicted molar refractivity (Wildman–Crippen MR) is 104 cm³/mol. The van der Waals surface area contributed by atoms with Crippen molar-refractivity contribution >= 4 is 21.6 Å². The lowest BCUT2D eigenvalue weighted by molar-refractivity contribution is -0.137. The molecule has 0 fully saturated rings. The molecular formula is C19H18BrF3N4O. The minimum Gasteiger partial charge on any atom is -0.479 e. The van der Waals surface area contributed by atoms with Crippen molar-refractivity contribution in [2.75, 3.05) is 5.73 Å². The van der Waals surface area contributed by atoms with Gasteiger partial charge < -0.3 is 15.0 Å². The van der Waals surface area contributed by atoms with Crippen LogP contribution in [0.25, 0.3) is 11.4 Å². The minimum absolute atomic E-state index is 0.0410. The monoisotopic (exact) mass is 454 g/mol. The molecule has 0 saturated heterocycles. The maximum absolute atomic E-state index is 13.4. The molecule has 9 heteroatoms. The summed E-state index contributed by atoms with van der Waals surface area (Å²) in [5.41, 5.74) is 4.54. The van der Waals surface area contributed by atoms with Crippen LogP contribution < -0.4 is 10.5 Å². The van der Waals surface area contributed by atoms with E-state index in [1.165, 1.54) is 22.8 Å². The Hall–Kier alpha value is -2.55. The molecule has 0 spiro atoms. The van der Waals surface area contributed by atoms with E-state index in [1.54, 1.807) is 39.1 Å². The Bertz CT molecular complexity index is 1010. The van der Waals surface area contributed by atoms with Gasteiger partial charge in [-0.05, 0) is 54.0 Å². The van der Waals surface area contributed by atoms with Crippen molar-refractivity contribution in [3.05, 3.63) is 58.3 Å². The van der Waals surface area contributed by atoms with Crippen LogP contribution in [0, 0.1) is 0 Å². The van der Waals surface area contributed by atoms with Gasteiger partial charge in [-0.25, -0.2) is 0 Å². The van der Waals surface area contributed by atoms with Gasteiger partial charge in [-0.3, -0.25) is 0 Å². The van der Waals surface area contributed by atoms with Crippen LogP contribution in [0.15, 0.2) is 46.9 Å². The van der Waals surface area contributed by atoms with Crippen molar-refractivity contribution in [1.82, 2.24) is 14.8 Å². The number of rotatable bonds is 4. The Labute approximate surface area is 168 Å². The van der Waals surface area contributed by atoms with Gasteiger partial charge in [-0.1, -0.05) is 18.2 Å². The van der Waals surface area contributed by atoms with Crippen LogP contribution >= 0.6 is 15.9 Å². The first kappa shape index (κ1) is 20.2. The van der Waals surface area contributed by atoms with Crippen molar-refractivity contribution in [1.29, 1.82) is 0 Å². The number of hydrogen-bond acceptors (Lipinski definition) is 4. The molecule has 1 aromatic heterocycles. The van der Waals surface area contributed by atoms with Gasteiger partial charge in [0.2, 0.25) is 0 Å². The summed E-state index contributed by atoms with van der Waals surface area (Å²) < 4.78 is 48.3. The van der Waals surface area contributed by atoms with Crippen molar-refractivity contribution in [2.45, 2.75) is 25.6 Å². The molecule has 3 rings (SSSR count). The van der Waals surface area contributed by atoms with Gasteiger partial charge in [0.25, 0.3) is 0 Å². The molecule has 0 aliphatic rings. The van der Waals surface area contributed by atoms with E-state index in [0.717, 1.165) is 6.07 Å². The van der Waals surface area contributed by atoms with Gasteiger partial charge in [0, 0.05) is 18.3 Å². The fraction of sp³-hybridized carbons (Fsp3) is 0.263. The molecule has 0 radical (unpaired) electrons. The SMILES string of the molecule is Cn1c(-c2ccccc2C(F)(F)F)nnc1C(C)(C)Oc1ccc(N)cc1Br. The van der Waals surface area contributed by atoms with Crippen LogP contribution in [-0.4, -0.2) is 14.8 Å². The lowest BCUT2D eigenvalue weighted by atomic mass is 10.1. The van der Waals surface area contributed by atoms with Gasteiger partial charge in [0.05, 0.1) is 10.0 Å². The largest absolute Gasteiger partial charge is 0.479 e. The van der Waals surface area contributed by atoms with E-state index in [9.17, 15) is 13.2 Å². The molecule has 0 aliphatic carbocycles. The van der Waals surface area contributed by atoms with E-state index in [0.29, 0.717) is 21.7 Å². The maximum Gasteiger partial charge on any atom is 0.417 e. The van der Waals surface area contributed by atoms with E-state index in [-0.39, 0.29) is 11.4 Å². The maximum atomic E-state index is 13.4. The first-order valence-corrected chi connectivity index (χ1v) is 9.10. The third kappa shape index (κ3) is 3.84. The first-order valence-electron chi connectivity index (χ1n) is 8.31. The van der Waals surface area contributed by atoms with Gasteiger partial charge in [-0.2, -0.15) is 13.2 Å². The van der Waals surface area contributed by atoms with E-state index < -0.39 is 17.3 Å². The summed E-state index contributed by atoms with van der Waals surface area (Å²) in [7, 11) is 1.61. The number of ether oxygens (including phenoxy) is 1. The summed E-state index contributed by atoms with van der Waals surface area (Å²) in [5.74, 6) is 1.01. The smallest absolute Gasteiger partial charge is 0.417 e. The molecule has 28 heavy (non-hydrogen) atoms. The summed E-state index contributed by atoms with van der Waals surface area (Å²) >= 11 is 3.39. The van der Waals surface area contributed by atoms with Crippen molar-refractivity contribution in [2.24, 2.45) is 7.05 Å². The zero-order valence-electron chi connectivity index (χ0n) is 15.4. The fourth-order valence-electron chi connectivity index (χ4n) is 2.93. The molecule has 0 aliphatic heterocycles. The molecule has 5 nitrogen and oxygen atoms in total.